The number of carbonyl (C=O) groups is 1. The summed E-state index contributed by atoms with van der Waals surface area (Å²) in [6.07, 6.45) is 9.73. The maximum absolute atomic E-state index is 13.0. The number of aromatic nitrogens is 3. The number of rotatable bonds is 5. The van der Waals surface area contributed by atoms with Crippen molar-refractivity contribution in [2.45, 2.75) is 44.7 Å². The van der Waals surface area contributed by atoms with Crippen LogP contribution in [0.4, 0.5) is 0 Å². The number of fused-ring (bicyclic) bond motifs is 1. The van der Waals surface area contributed by atoms with Crippen molar-refractivity contribution >= 4 is 16.8 Å². The van der Waals surface area contributed by atoms with Crippen molar-refractivity contribution < 1.29 is 4.79 Å². The second-order valence-electron chi connectivity index (χ2n) is 9.30. The zero-order valence-electron chi connectivity index (χ0n) is 18.8. The molecule has 3 aromatic rings. The summed E-state index contributed by atoms with van der Waals surface area (Å²) in [5.74, 6) is -0.0973. The molecule has 0 aliphatic carbocycles. The number of nitrogens with zero attached hydrogens (tertiary/aromatic N) is 4. The summed E-state index contributed by atoms with van der Waals surface area (Å²) >= 11 is 0. The van der Waals surface area contributed by atoms with E-state index in [0.717, 1.165) is 54.5 Å². The van der Waals surface area contributed by atoms with Gasteiger partial charge in [-0.3, -0.25) is 19.8 Å². The Balaban J connectivity index is 1.35. The molecule has 0 atom stereocenters. The molecule has 32 heavy (non-hydrogen) atoms. The number of H-pyrrole nitrogens is 1. The number of aromatic amines is 1. The minimum absolute atomic E-state index is 0.0973. The van der Waals surface area contributed by atoms with E-state index in [-0.39, 0.29) is 11.9 Å². The summed E-state index contributed by atoms with van der Waals surface area (Å²) in [6.45, 7) is 5.30. The van der Waals surface area contributed by atoms with Gasteiger partial charge < -0.3 is 10.2 Å². The summed E-state index contributed by atoms with van der Waals surface area (Å²) in [6, 6.07) is 8.57. The number of benzene rings is 1. The lowest BCUT2D eigenvalue weighted by atomic mass is 10.0. The third-order valence-electron chi connectivity index (χ3n) is 6.81. The highest BCUT2D eigenvalue weighted by molar-refractivity contribution is 6.05. The van der Waals surface area contributed by atoms with Gasteiger partial charge in [0.05, 0.1) is 5.52 Å². The number of likely N-dealkylation sites (tertiary alicyclic amines) is 2. The van der Waals surface area contributed by atoms with E-state index in [9.17, 15) is 4.79 Å². The first kappa shape index (κ1) is 21.1. The number of pyridine rings is 1. The predicted molar refractivity (Wildman–Crippen MR) is 126 cm³/mol. The molecule has 4 heterocycles. The number of carbonyl (C=O) groups excluding carboxylic acids is 1. The zero-order valence-corrected chi connectivity index (χ0v) is 18.8. The van der Waals surface area contributed by atoms with Gasteiger partial charge in [0.15, 0.2) is 5.69 Å². The van der Waals surface area contributed by atoms with Crippen LogP contribution in [-0.2, 0) is 6.54 Å². The smallest absolute Gasteiger partial charge is 0.272 e. The molecule has 0 unspecified atom stereocenters. The van der Waals surface area contributed by atoms with E-state index in [1.54, 1.807) is 0 Å². The predicted octanol–water partition coefficient (Wildman–Crippen LogP) is 3.43. The average molecular weight is 433 g/mol. The first-order valence-corrected chi connectivity index (χ1v) is 11.8. The van der Waals surface area contributed by atoms with Gasteiger partial charge in [-0.15, -0.1) is 0 Å². The first-order chi connectivity index (χ1) is 15.7. The lowest BCUT2D eigenvalue weighted by Gasteiger charge is -2.29. The van der Waals surface area contributed by atoms with Crippen molar-refractivity contribution in [3.05, 3.63) is 47.9 Å². The van der Waals surface area contributed by atoms with Crippen molar-refractivity contribution in [3.8, 4) is 11.1 Å². The molecule has 7 heteroatoms. The zero-order chi connectivity index (χ0) is 21.9. The topological polar surface area (TPSA) is 77.1 Å². The van der Waals surface area contributed by atoms with Crippen LogP contribution in [0, 0.1) is 0 Å². The summed E-state index contributed by atoms with van der Waals surface area (Å²) < 4.78 is 0. The van der Waals surface area contributed by atoms with E-state index in [1.165, 1.54) is 37.9 Å². The Labute approximate surface area is 189 Å². The summed E-state index contributed by atoms with van der Waals surface area (Å²) in [7, 11) is 2.12. The van der Waals surface area contributed by atoms with Gasteiger partial charge in [0.1, 0.15) is 0 Å². The van der Waals surface area contributed by atoms with Gasteiger partial charge in [0.25, 0.3) is 5.91 Å². The molecule has 0 bridgehead atoms. The Hall–Kier alpha value is -2.77. The van der Waals surface area contributed by atoms with Crippen molar-refractivity contribution in [1.82, 2.24) is 30.3 Å². The van der Waals surface area contributed by atoms with E-state index in [2.05, 4.69) is 55.5 Å². The first-order valence-electron chi connectivity index (χ1n) is 11.8. The summed E-state index contributed by atoms with van der Waals surface area (Å²) in [4.78, 5) is 22.3. The van der Waals surface area contributed by atoms with Crippen molar-refractivity contribution in [2.24, 2.45) is 0 Å². The number of amides is 1. The quantitative estimate of drug-likeness (QED) is 0.646. The van der Waals surface area contributed by atoms with E-state index in [4.69, 9.17) is 0 Å². The molecule has 0 spiro atoms. The van der Waals surface area contributed by atoms with Crippen molar-refractivity contribution in [1.29, 1.82) is 0 Å². The molecule has 2 aliphatic heterocycles. The molecule has 1 aromatic carbocycles. The second kappa shape index (κ2) is 9.38. The van der Waals surface area contributed by atoms with Gasteiger partial charge >= 0.3 is 0 Å². The van der Waals surface area contributed by atoms with Gasteiger partial charge in [-0.05, 0) is 88.2 Å². The van der Waals surface area contributed by atoms with Crippen LogP contribution in [0.3, 0.4) is 0 Å². The minimum Gasteiger partial charge on any atom is -0.348 e. The lowest BCUT2D eigenvalue weighted by molar-refractivity contribution is 0.0913. The lowest BCUT2D eigenvalue weighted by Crippen LogP contribution is -2.43. The average Bonchev–Trinajstić information content (AvgIpc) is 3.25. The molecule has 2 fully saturated rings. The molecule has 2 aromatic heterocycles. The molecule has 1 amide bonds. The SMILES string of the molecule is CN1CCC(NC(=O)c2n[nH]c3ccc(-c4cncc(CN5CCCCC5)c4)cc23)CC1. The van der Waals surface area contributed by atoms with Crippen LogP contribution in [0.15, 0.2) is 36.7 Å². The van der Waals surface area contributed by atoms with Gasteiger partial charge in [-0.25, -0.2) is 0 Å². The molecule has 168 valence electrons. The Bertz CT molecular complexity index is 1080. The molecule has 2 aliphatic rings. The number of piperidine rings is 2. The summed E-state index contributed by atoms with van der Waals surface area (Å²) in [5.41, 5.74) is 4.71. The van der Waals surface area contributed by atoms with Crippen LogP contribution >= 0.6 is 0 Å². The van der Waals surface area contributed by atoms with Gasteiger partial charge in [-0.1, -0.05) is 12.5 Å². The van der Waals surface area contributed by atoms with E-state index in [1.807, 2.05) is 18.5 Å². The van der Waals surface area contributed by atoms with Crippen LogP contribution in [0.2, 0.25) is 0 Å². The third kappa shape index (κ3) is 4.69. The Morgan fingerprint density at radius 1 is 1.06 bits per heavy atom. The highest BCUT2D eigenvalue weighted by atomic mass is 16.2. The van der Waals surface area contributed by atoms with Crippen LogP contribution in [0.5, 0.6) is 0 Å². The molecule has 2 saturated heterocycles. The maximum atomic E-state index is 13.0. The Kier molecular flexibility index (Phi) is 6.19. The van der Waals surface area contributed by atoms with E-state index in [0.29, 0.717) is 5.69 Å². The Morgan fingerprint density at radius 2 is 1.88 bits per heavy atom. The summed E-state index contributed by atoms with van der Waals surface area (Å²) in [5, 5.41) is 11.4. The van der Waals surface area contributed by atoms with Crippen LogP contribution in [0.25, 0.3) is 22.0 Å². The maximum Gasteiger partial charge on any atom is 0.272 e. The molecule has 5 rings (SSSR count). The van der Waals surface area contributed by atoms with E-state index < -0.39 is 0 Å². The molecular formula is C25H32N6O. The largest absolute Gasteiger partial charge is 0.348 e. The fourth-order valence-corrected chi connectivity index (χ4v) is 4.88. The van der Waals surface area contributed by atoms with Crippen LogP contribution < -0.4 is 5.32 Å². The van der Waals surface area contributed by atoms with Gasteiger partial charge in [0, 0.05) is 35.9 Å². The fourth-order valence-electron chi connectivity index (χ4n) is 4.88. The molecular weight excluding hydrogens is 400 g/mol. The number of nitrogens with one attached hydrogen (secondary N) is 2. The van der Waals surface area contributed by atoms with Crippen LogP contribution in [-0.4, -0.2) is 70.2 Å². The molecule has 0 saturated carbocycles. The highest BCUT2D eigenvalue weighted by Gasteiger charge is 2.22. The van der Waals surface area contributed by atoms with E-state index >= 15 is 0 Å². The number of hydrogen-bond donors (Lipinski definition) is 2. The third-order valence-corrected chi connectivity index (χ3v) is 6.81. The van der Waals surface area contributed by atoms with Crippen molar-refractivity contribution in [2.75, 3.05) is 33.2 Å². The van der Waals surface area contributed by atoms with Crippen molar-refractivity contribution in [3.63, 3.8) is 0 Å². The molecule has 7 nitrogen and oxygen atoms in total. The minimum atomic E-state index is -0.0973. The second-order valence-corrected chi connectivity index (χ2v) is 9.30. The monoisotopic (exact) mass is 432 g/mol. The van der Waals surface area contributed by atoms with Gasteiger partial charge in [0.2, 0.25) is 0 Å². The molecule has 0 radical (unpaired) electrons. The normalized spacial score (nSPS) is 18.8. The highest BCUT2D eigenvalue weighted by Crippen LogP contribution is 2.26. The fraction of sp³-hybridized carbons (Fsp3) is 0.480. The van der Waals surface area contributed by atoms with Crippen LogP contribution in [0.1, 0.15) is 48.2 Å². The Morgan fingerprint density at radius 3 is 2.69 bits per heavy atom. The number of hydrogen-bond acceptors (Lipinski definition) is 5. The standard InChI is InChI=1S/C25H32N6O/c1-30-11-7-21(8-12-30)27-25(32)24-22-14-19(5-6-23(22)28-29-24)20-13-18(15-26-16-20)17-31-9-3-2-4-10-31/h5-6,13-16,21H,2-4,7-12,17H2,1H3,(H,27,32)(H,28,29). The molecule has 2 N–H and O–H groups in total. The van der Waals surface area contributed by atoms with Gasteiger partial charge in [-0.2, -0.15) is 5.10 Å².